The fourth-order valence-corrected chi connectivity index (χ4v) is 9.02. The average Bonchev–Trinajstić information content (AvgIpc) is 3.81. The SMILES string of the molecule is O=C1CC/C=C\c2c(Cl)cc3c(cnn3C3CCCCO3)c2-c2ncc3c(nc(OC[C@@]45CCCN4C[C@H](F)C5)nc3c2F)N2CCC[C@H](C2)O1. The Morgan fingerprint density at radius 1 is 1.08 bits per heavy atom. The maximum Gasteiger partial charge on any atom is 0.319 e. The van der Waals surface area contributed by atoms with E-state index < -0.39 is 17.5 Å². The molecule has 4 saturated heterocycles. The summed E-state index contributed by atoms with van der Waals surface area (Å²) in [7, 11) is 0. The molecule has 4 atom stereocenters. The molecule has 0 aliphatic carbocycles. The predicted molar refractivity (Wildman–Crippen MR) is 188 cm³/mol. The van der Waals surface area contributed by atoms with Gasteiger partial charge < -0.3 is 19.1 Å². The number of pyridine rings is 1. The molecule has 1 aromatic carbocycles. The van der Waals surface area contributed by atoms with Gasteiger partial charge in [-0.05, 0) is 64.0 Å². The Morgan fingerprint density at radius 3 is 2.88 bits per heavy atom. The van der Waals surface area contributed by atoms with Crippen molar-refractivity contribution in [2.45, 2.75) is 88.3 Å². The predicted octanol–water partition coefficient (Wildman–Crippen LogP) is 6.81. The zero-order chi connectivity index (χ0) is 34.7. The summed E-state index contributed by atoms with van der Waals surface area (Å²) < 4.78 is 52.0. The molecule has 3 aromatic heterocycles. The van der Waals surface area contributed by atoms with Gasteiger partial charge in [-0.1, -0.05) is 23.8 Å². The maximum absolute atomic E-state index is 17.3. The van der Waals surface area contributed by atoms with E-state index in [-0.39, 0.29) is 48.5 Å². The van der Waals surface area contributed by atoms with E-state index in [0.29, 0.717) is 83.8 Å². The number of carbonyl (C=O) groups is 1. The number of carbonyl (C=O) groups excluding carboxylic acids is 1. The first kappa shape index (κ1) is 32.9. The minimum Gasteiger partial charge on any atom is -0.461 e. The third-order valence-electron chi connectivity index (χ3n) is 11.2. The standard InChI is InChI=1S/C37H40ClF2N7O4/c38-27-15-28-25(18-42-47(28)29-9-3-4-14-49-29)31-24(27)8-1-2-10-30(48)51-23-7-5-12-45(20-23)35-26-17-41-34(31)32(40)33(26)43-36(44-35)50-21-37-11-6-13-46(37)19-22(39)16-37/h1,8,15,17-18,22-23,29H,2-7,9-14,16,19-21H2/b8-1-/t22-,23-,29?,37+/m1/s1. The van der Waals surface area contributed by atoms with Crippen LogP contribution in [-0.2, 0) is 14.3 Å². The van der Waals surface area contributed by atoms with Crippen LogP contribution in [0.2, 0.25) is 5.02 Å². The maximum atomic E-state index is 17.3. The van der Waals surface area contributed by atoms with Gasteiger partial charge in [0.25, 0.3) is 0 Å². The third kappa shape index (κ3) is 5.90. The molecule has 4 fully saturated rings. The molecule has 0 radical (unpaired) electrons. The summed E-state index contributed by atoms with van der Waals surface area (Å²) in [5.41, 5.74) is 1.39. The second-order valence-corrected chi connectivity index (χ2v) is 14.9. The quantitative estimate of drug-likeness (QED) is 0.209. The Morgan fingerprint density at radius 2 is 2.00 bits per heavy atom. The molecule has 51 heavy (non-hydrogen) atoms. The van der Waals surface area contributed by atoms with Gasteiger partial charge in [-0.15, -0.1) is 0 Å². The third-order valence-corrected chi connectivity index (χ3v) is 11.5. The summed E-state index contributed by atoms with van der Waals surface area (Å²) in [6, 6.07) is 1.84. The molecule has 11 nitrogen and oxygen atoms in total. The van der Waals surface area contributed by atoms with E-state index in [9.17, 15) is 9.18 Å². The number of benzene rings is 1. The highest BCUT2D eigenvalue weighted by Gasteiger charge is 2.49. The van der Waals surface area contributed by atoms with Gasteiger partial charge in [-0.2, -0.15) is 15.1 Å². The second kappa shape index (κ2) is 13.2. The molecule has 0 spiro atoms. The smallest absolute Gasteiger partial charge is 0.319 e. The largest absolute Gasteiger partial charge is 0.461 e. The summed E-state index contributed by atoms with van der Waals surface area (Å²) >= 11 is 7.01. The highest BCUT2D eigenvalue weighted by atomic mass is 35.5. The summed E-state index contributed by atoms with van der Waals surface area (Å²) in [6.45, 7) is 3.05. The fraction of sp³-hybridized carbons (Fsp3) is 0.541. The lowest BCUT2D eigenvalue weighted by molar-refractivity contribution is -0.149. The van der Waals surface area contributed by atoms with Crippen LogP contribution in [0.4, 0.5) is 14.6 Å². The van der Waals surface area contributed by atoms with Gasteiger partial charge in [-0.3, -0.25) is 14.7 Å². The highest BCUT2D eigenvalue weighted by Crippen LogP contribution is 2.43. The number of nitrogens with zero attached hydrogens (tertiary/aromatic N) is 7. The van der Waals surface area contributed by atoms with E-state index in [1.54, 1.807) is 12.4 Å². The van der Waals surface area contributed by atoms with Gasteiger partial charge in [-0.25, -0.2) is 13.5 Å². The number of piperidine rings is 1. The number of hydrogen-bond acceptors (Lipinski definition) is 10. The lowest BCUT2D eigenvalue weighted by Crippen LogP contribution is -2.43. The van der Waals surface area contributed by atoms with Crippen molar-refractivity contribution < 1.29 is 27.8 Å². The van der Waals surface area contributed by atoms with Crippen molar-refractivity contribution >= 4 is 51.3 Å². The summed E-state index contributed by atoms with van der Waals surface area (Å²) in [6.07, 6.45) is 12.5. The number of hydrogen-bond donors (Lipinski definition) is 0. The first-order valence-electron chi connectivity index (χ1n) is 18.2. The van der Waals surface area contributed by atoms with Crippen LogP contribution in [0.5, 0.6) is 6.01 Å². The Balaban J connectivity index is 1.22. The average molecular weight is 720 g/mol. The van der Waals surface area contributed by atoms with Crippen molar-refractivity contribution in [3.63, 3.8) is 0 Å². The molecular weight excluding hydrogens is 680 g/mol. The normalized spacial score (nSPS) is 27.6. The lowest BCUT2D eigenvalue weighted by Gasteiger charge is -2.34. The Hall–Kier alpha value is -3.94. The lowest BCUT2D eigenvalue weighted by atomic mass is 9.95. The van der Waals surface area contributed by atoms with Crippen molar-refractivity contribution in [2.75, 3.05) is 44.3 Å². The fourth-order valence-electron chi connectivity index (χ4n) is 8.76. The summed E-state index contributed by atoms with van der Waals surface area (Å²) in [5, 5.41) is 6.15. The molecule has 0 amide bonds. The van der Waals surface area contributed by atoms with Gasteiger partial charge in [0.05, 0.1) is 34.2 Å². The van der Waals surface area contributed by atoms with Crippen LogP contribution < -0.4 is 9.64 Å². The van der Waals surface area contributed by atoms with E-state index in [1.165, 1.54) is 0 Å². The molecule has 14 heteroatoms. The number of ether oxygens (including phenoxy) is 3. The number of esters is 1. The van der Waals surface area contributed by atoms with Crippen molar-refractivity contribution in [1.29, 1.82) is 0 Å². The number of rotatable bonds is 4. The zero-order valence-corrected chi connectivity index (χ0v) is 29.1. The molecule has 268 valence electrons. The molecule has 10 rings (SSSR count). The summed E-state index contributed by atoms with van der Waals surface area (Å²) in [4.78, 5) is 31.4. The van der Waals surface area contributed by atoms with Crippen LogP contribution in [0.15, 0.2) is 24.5 Å². The van der Waals surface area contributed by atoms with E-state index in [0.717, 1.165) is 45.1 Å². The molecule has 9 heterocycles. The van der Waals surface area contributed by atoms with Crippen LogP contribution in [-0.4, -0.2) is 92.8 Å². The molecular formula is C37H40ClF2N7O4. The van der Waals surface area contributed by atoms with Crippen molar-refractivity contribution in [2.24, 2.45) is 0 Å². The van der Waals surface area contributed by atoms with Gasteiger partial charge in [0.2, 0.25) is 0 Å². The topological polar surface area (TPSA) is 108 Å². The molecule has 4 aromatic rings. The highest BCUT2D eigenvalue weighted by molar-refractivity contribution is 6.34. The van der Waals surface area contributed by atoms with Gasteiger partial charge in [0.1, 0.15) is 35.9 Å². The molecule has 1 unspecified atom stereocenters. The van der Waals surface area contributed by atoms with Crippen LogP contribution in [0.3, 0.4) is 0 Å². The first-order chi connectivity index (χ1) is 24.9. The number of aromatic nitrogens is 5. The monoisotopic (exact) mass is 719 g/mol. The number of alkyl halides is 1. The molecule has 6 aliphatic heterocycles. The second-order valence-electron chi connectivity index (χ2n) is 14.5. The number of allylic oxidation sites excluding steroid dienone is 1. The van der Waals surface area contributed by atoms with Crippen LogP contribution >= 0.6 is 11.6 Å². The van der Waals surface area contributed by atoms with E-state index >= 15 is 4.39 Å². The van der Waals surface area contributed by atoms with Crippen molar-refractivity contribution in [3.05, 3.63) is 40.9 Å². The molecule has 0 saturated carbocycles. The first-order valence-corrected chi connectivity index (χ1v) is 18.6. The minimum atomic E-state index is -0.917. The van der Waals surface area contributed by atoms with Crippen LogP contribution in [0.1, 0.15) is 76.0 Å². The number of anilines is 1. The summed E-state index contributed by atoms with van der Waals surface area (Å²) in [5.74, 6) is -0.474. The van der Waals surface area contributed by atoms with Gasteiger partial charge in [0.15, 0.2) is 12.0 Å². The molecule has 6 bridgehead atoms. The van der Waals surface area contributed by atoms with Gasteiger partial charge >= 0.3 is 12.0 Å². The van der Waals surface area contributed by atoms with E-state index in [1.807, 2.05) is 27.8 Å². The Labute approximate surface area is 298 Å². The Kier molecular flexibility index (Phi) is 8.55. The molecule has 6 aliphatic rings. The van der Waals surface area contributed by atoms with Crippen molar-refractivity contribution in [1.82, 2.24) is 29.6 Å². The Bertz CT molecular complexity index is 2040. The molecule has 0 N–H and O–H groups in total. The van der Waals surface area contributed by atoms with E-state index in [4.69, 9.17) is 40.9 Å². The minimum absolute atomic E-state index is 0.0101. The van der Waals surface area contributed by atoms with Crippen molar-refractivity contribution in [3.8, 4) is 17.3 Å². The number of halogens is 3. The zero-order valence-electron chi connectivity index (χ0n) is 28.3. The van der Waals surface area contributed by atoms with Crippen LogP contribution in [0.25, 0.3) is 39.1 Å². The van der Waals surface area contributed by atoms with Gasteiger partial charge in [0, 0.05) is 55.2 Å². The number of fused-ring (bicyclic) bond motifs is 7. The van der Waals surface area contributed by atoms with E-state index in [2.05, 4.69) is 9.88 Å². The van der Waals surface area contributed by atoms with Crippen LogP contribution in [0, 0.1) is 5.82 Å².